The van der Waals surface area contributed by atoms with Gasteiger partial charge in [-0.05, 0) is 32.1 Å². The average molecular weight is 351 g/mol. The zero-order valence-corrected chi connectivity index (χ0v) is 14.4. The van der Waals surface area contributed by atoms with Gasteiger partial charge < -0.3 is 5.32 Å². The summed E-state index contributed by atoms with van der Waals surface area (Å²) in [6.45, 7) is 4.43. The van der Waals surface area contributed by atoms with Crippen molar-refractivity contribution in [2.24, 2.45) is 7.05 Å². The minimum atomic E-state index is -0.244. The second kappa shape index (κ2) is 5.78. The highest BCUT2D eigenvalue weighted by Crippen LogP contribution is 2.26. The molecule has 1 aliphatic heterocycles. The molecular formula is C14H15ClN6OS. The largest absolute Gasteiger partial charge is 0.327 e. The number of carbonyl (C=O) groups is 1. The molecule has 7 nitrogen and oxygen atoms in total. The van der Waals surface area contributed by atoms with Gasteiger partial charge in [0.25, 0.3) is 5.91 Å². The first-order chi connectivity index (χ1) is 10.9. The van der Waals surface area contributed by atoms with E-state index >= 15 is 0 Å². The zero-order valence-electron chi connectivity index (χ0n) is 12.9. The maximum atomic E-state index is 12.7. The van der Waals surface area contributed by atoms with E-state index < -0.39 is 0 Å². The van der Waals surface area contributed by atoms with Crippen LogP contribution in [-0.2, 0) is 18.4 Å². The molecule has 0 aliphatic carbocycles. The molecule has 1 fully saturated rings. The summed E-state index contributed by atoms with van der Waals surface area (Å²) in [6, 6.07) is 0. The van der Waals surface area contributed by atoms with E-state index in [1.165, 1.54) is 4.90 Å². The molecule has 0 saturated carbocycles. The minimum Gasteiger partial charge on any atom is -0.327 e. The summed E-state index contributed by atoms with van der Waals surface area (Å²) in [7, 11) is 1.80. The molecule has 1 N–H and O–H groups in total. The Balaban J connectivity index is 2.00. The standard InChI is InChI=1S/C14H15ClN6OS/c1-4-20-11(9(15)6-16-20)5-10-13(22)21(14(23)17-10)12-7-19(3)18-8(12)2/h5-7H,4H2,1-3H3,(H,17,23)/b10-5+. The number of anilines is 1. The Hall–Kier alpha value is -2.19. The average Bonchev–Trinajstić information content (AvgIpc) is 3.09. The second-order valence-corrected chi connectivity index (χ2v) is 5.89. The zero-order chi connectivity index (χ0) is 16.7. The molecule has 3 heterocycles. The molecule has 0 spiro atoms. The maximum Gasteiger partial charge on any atom is 0.281 e. The molecule has 0 radical (unpaired) electrons. The van der Waals surface area contributed by atoms with Crippen LogP contribution in [0, 0.1) is 6.92 Å². The first-order valence-corrected chi connectivity index (χ1v) is 7.79. The van der Waals surface area contributed by atoms with Crippen LogP contribution in [-0.4, -0.2) is 30.6 Å². The number of thiocarbonyl (C=S) groups is 1. The van der Waals surface area contributed by atoms with Crippen molar-refractivity contribution in [1.29, 1.82) is 0 Å². The van der Waals surface area contributed by atoms with Crippen LogP contribution in [0.5, 0.6) is 0 Å². The molecular weight excluding hydrogens is 336 g/mol. The smallest absolute Gasteiger partial charge is 0.281 e. The van der Waals surface area contributed by atoms with Gasteiger partial charge in [0.05, 0.1) is 28.3 Å². The van der Waals surface area contributed by atoms with Crippen molar-refractivity contribution < 1.29 is 4.79 Å². The number of nitrogens with zero attached hydrogens (tertiary/aromatic N) is 5. The number of hydrogen-bond acceptors (Lipinski definition) is 4. The monoisotopic (exact) mass is 350 g/mol. The summed E-state index contributed by atoms with van der Waals surface area (Å²) < 4.78 is 3.36. The van der Waals surface area contributed by atoms with Gasteiger partial charge >= 0.3 is 0 Å². The third-order valence-electron chi connectivity index (χ3n) is 3.52. The number of carbonyl (C=O) groups excluding carboxylic acids is 1. The van der Waals surface area contributed by atoms with Gasteiger partial charge in [-0.2, -0.15) is 10.2 Å². The van der Waals surface area contributed by atoms with E-state index in [1.54, 1.807) is 34.9 Å². The molecule has 0 aromatic carbocycles. The van der Waals surface area contributed by atoms with Gasteiger partial charge in [0.2, 0.25) is 0 Å². The fourth-order valence-electron chi connectivity index (χ4n) is 2.46. The van der Waals surface area contributed by atoms with Crippen LogP contribution >= 0.6 is 23.8 Å². The van der Waals surface area contributed by atoms with Crippen molar-refractivity contribution in [2.45, 2.75) is 20.4 Å². The molecule has 1 saturated heterocycles. The Morgan fingerprint density at radius 2 is 2.22 bits per heavy atom. The number of hydrogen-bond donors (Lipinski definition) is 1. The van der Waals surface area contributed by atoms with Crippen molar-refractivity contribution in [3.8, 4) is 0 Å². The Morgan fingerprint density at radius 3 is 2.83 bits per heavy atom. The lowest BCUT2D eigenvalue weighted by atomic mass is 10.3. The normalized spacial score (nSPS) is 16.5. The van der Waals surface area contributed by atoms with Crippen LogP contribution in [0.4, 0.5) is 5.69 Å². The highest BCUT2D eigenvalue weighted by atomic mass is 35.5. The van der Waals surface area contributed by atoms with Crippen LogP contribution < -0.4 is 10.2 Å². The van der Waals surface area contributed by atoms with Crippen molar-refractivity contribution in [2.75, 3.05) is 4.90 Å². The van der Waals surface area contributed by atoms with Crippen LogP contribution in [0.1, 0.15) is 18.3 Å². The number of aryl methyl sites for hydroxylation is 3. The molecule has 0 unspecified atom stereocenters. The first kappa shape index (κ1) is 15.7. The molecule has 0 bridgehead atoms. The molecule has 120 valence electrons. The fraction of sp³-hybridized carbons (Fsp3) is 0.286. The van der Waals surface area contributed by atoms with E-state index in [0.717, 1.165) is 5.69 Å². The predicted molar refractivity (Wildman–Crippen MR) is 92.1 cm³/mol. The third-order valence-corrected chi connectivity index (χ3v) is 4.10. The van der Waals surface area contributed by atoms with E-state index in [4.69, 9.17) is 23.8 Å². The Labute approximate surface area is 143 Å². The lowest BCUT2D eigenvalue weighted by Gasteiger charge is -2.11. The quantitative estimate of drug-likeness (QED) is 0.676. The maximum absolute atomic E-state index is 12.7. The van der Waals surface area contributed by atoms with E-state index in [2.05, 4.69) is 15.5 Å². The number of aromatic nitrogens is 4. The summed E-state index contributed by atoms with van der Waals surface area (Å²) >= 11 is 11.4. The van der Waals surface area contributed by atoms with Crippen molar-refractivity contribution in [1.82, 2.24) is 24.9 Å². The van der Waals surface area contributed by atoms with Gasteiger partial charge in [-0.25, -0.2) is 4.90 Å². The van der Waals surface area contributed by atoms with Gasteiger partial charge in [-0.15, -0.1) is 0 Å². The molecule has 0 atom stereocenters. The van der Waals surface area contributed by atoms with Gasteiger partial charge in [0.1, 0.15) is 5.70 Å². The Bertz CT molecular complexity index is 836. The molecule has 9 heteroatoms. The molecule has 1 aliphatic rings. The minimum absolute atomic E-state index is 0.244. The van der Waals surface area contributed by atoms with E-state index in [0.29, 0.717) is 33.8 Å². The van der Waals surface area contributed by atoms with Crippen LogP contribution in [0.15, 0.2) is 18.1 Å². The number of nitrogens with one attached hydrogen (secondary N) is 1. The van der Waals surface area contributed by atoms with Gasteiger partial charge in [0, 0.05) is 19.8 Å². The Kier molecular flexibility index (Phi) is 3.95. The van der Waals surface area contributed by atoms with Gasteiger partial charge in [-0.3, -0.25) is 14.2 Å². The number of rotatable bonds is 3. The topological polar surface area (TPSA) is 68.0 Å². The molecule has 2 aromatic rings. The van der Waals surface area contributed by atoms with Crippen molar-refractivity contribution >= 4 is 46.6 Å². The summed E-state index contributed by atoms with van der Waals surface area (Å²) in [5, 5.41) is 12.1. The van der Waals surface area contributed by atoms with E-state index in [9.17, 15) is 4.79 Å². The summed E-state index contributed by atoms with van der Waals surface area (Å²) in [6.07, 6.45) is 4.98. The lowest BCUT2D eigenvalue weighted by molar-refractivity contribution is -0.113. The van der Waals surface area contributed by atoms with Crippen molar-refractivity contribution in [3.63, 3.8) is 0 Å². The molecule has 3 rings (SSSR count). The summed E-state index contributed by atoms with van der Waals surface area (Å²) in [5.41, 5.74) is 2.41. The Morgan fingerprint density at radius 1 is 1.48 bits per heavy atom. The fourth-order valence-corrected chi connectivity index (χ4v) is 2.95. The lowest BCUT2D eigenvalue weighted by Crippen LogP contribution is -2.30. The van der Waals surface area contributed by atoms with Crippen molar-refractivity contribution in [3.05, 3.63) is 34.5 Å². The highest BCUT2D eigenvalue weighted by molar-refractivity contribution is 7.80. The SMILES string of the molecule is CCn1ncc(Cl)c1/C=C1/NC(=S)N(c2cn(C)nc2C)C1=O. The number of amides is 1. The third kappa shape index (κ3) is 2.64. The predicted octanol–water partition coefficient (Wildman–Crippen LogP) is 1.86. The molecule has 23 heavy (non-hydrogen) atoms. The summed E-state index contributed by atoms with van der Waals surface area (Å²) in [4.78, 5) is 14.1. The van der Waals surface area contributed by atoms with E-state index in [-0.39, 0.29) is 5.91 Å². The van der Waals surface area contributed by atoms with Crippen LogP contribution in [0.3, 0.4) is 0 Å². The summed E-state index contributed by atoms with van der Waals surface area (Å²) in [5.74, 6) is -0.244. The van der Waals surface area contributed by atoms with Crippen LogP contribution in [0.25, 0.3) is 6.08 Å². The second-order valence-electron chi connectivity index (χ2n) is 5.10. The van der Waals surface area contributed by atoms with Gasteiger partial charge in [-0.1, -0.05) is 11.6 Å². The number of halogens is 1. The van der Waals surface area contributed by atoms with E-state index in [1.807, 2.05) is 13.8 Å². The van der Waals surface area contributed by atoms with Gasteiger partial charge in [0.15, 0.2) is 5.11 Å². The van der Waals surface area contributed by atoms with Crippen LogP contribution in [0.2, 0.25) is 5.02 Å². The molecule has 1 amide bonds. The highest BCUT2D eigenvalue weighted by Gasteiger charge is 2.34. The molecule has 2 aromatic heterocycles. The first-order valence-electron chi connectivity index (χ1n) is 7.01.